The van der Waals surface area contributed by atoms with Gasteiger partial charge in [-0.15, -0.1) is 0 Å². The molecule has 0 bridgehead atoms. The van der Waals surface area contributed by atoms with Gasteiger partial charge in [0, 0.05) is 6.04 Å². The van der Waals surface area contributed by atoms with Gasteiger partial charge in [0.25, 0.3) is 5.91 Å². The third kappa shape index (κ3) is 8.64. The van der Waals surface area contributed by atoms with E-state index in [2.05, 4.69) is 10.6 Å². The number of ether oxygens (including phenoxy) is 2. The first-order chi connectivity index (χ1) is 14.7. The Kier molecular flexibility index (Phi) is 8.50. The molecule has 0 heterocycles. The molecule has 0 spiro atoms. The molecule has 10 heteroatoms. The van der Waals surface area contributed by atoms with E-state index in [1.165, 1.54) is 12.1 Å². The second-order valence-corrected chi connectivity index (χ2v) is 8.98. The minimum Gasteiger partial charge on any atom is -0.444 e. The fourth-order valence-corrected chi connectivity index (χ4v) is 3.40. The fraction of sp³-hybridized carbons (Fsp3) is 0.636. The molecule has 0 aromatic heterocycles. The van der Waals surface area contributed by atoms with Gasteiger partial charge in [0.2, 0.25) is 0 Å². The van der Waals surface area contributed by atoms with E-state index in [0.717, 1.165) is 0 Å². The zero-order valence-electron chi connectivity index (χ0n) is 18.6. The summed E-state index contributed by atoms with van der Waals surface area (Å²) in [5, 5.41) is 5.34. The van der Waals surface area contributed by atoms with Crippen molar-refractivity contribution in [1.82, 2.24) is 10.6 Å². The summed E-state index contributed by atoms with van der Waals surface area (Å²) in [5.41, 5.74) is -0.346. The van der Waals surface area contributed by atoms with Gasteiger partial charge in [0.05, 0.1) is 17.7 Å². The number of hydrogen-bond acceptors (Lipinski definition) is 4. The monoisotopic (exact) mass is 462 g/mol. The molecule has 1 saturated carbocycles. The normalized spacial score (nSPS) is 20.4. The van der Waals surface area contributed by atoms with Crippen molar-refractivity contribution in [2.75, 3.05) is 6.61 Å². The Balaban J connectivity index is 1.87. The zero-order valence-corrected chi connectivity index (χ0v) is 18.6. The predicted molar refractivity (Wildman–Crippen MR) is 110 cm³/mol. The first kappa shape index (κ1) is 25.9. The number of alkyl halides is 3. The van der Waals surface area contributed by atoms with Crippen LogP contribution in [-0.2, 0) is 9.47 Å². The van der Waals surface area contributed by atoms with Crippen LogP contribution in [0.5, 0.6) is 0 Å². The molecule has 1 aliphatic rings. The average molecular weight is 462 g/mol. The first-order valence-corrected chi connectivity index (χ1v) is 10.5. The standard InChI is InChI=1S/C22H30F4N2O4/c1-13(27-20(30)32-21(2,3)4)14-5-10-17(18(23)11-14)19(29)28-15-6-8-16(9-7-15)31-12-22(24,25)26/h5,10-11,13,15-16H,6-9,12H2,1-4H3,(H,27,30)(H,28,29)/t13-,15?,16?/m0/s1. The molecule has 2 rings (SSSR count). The van der Waals surface area contributed by atoms with Crippen molar-refractivity contribution in [3.63, 3.8) is 0 Å². The number of halogens is 4. The van der Waals surface area contributed by atoms with Gasteiger partial charge in [-0.1, -0.05) is 6.07 Å². The third-order valence-corrected chi connectivity index (χ3v) is 4.96. The number of carbonyl (C=O) groups excluding carboxylic acids is 2. The molecule has 180 valence electrons. The molecule has 0 unspecified atom stereocenters. The highest BCUT2D eigenvalue weighted by atomic mass is 19.4. The summed E-state index contributed by atoms with van der Waals surface area (Å²) in [6, 6.07) is 3.26. The molecule has 2 N–H and O–H groups in total. The van der Waals surface area contributed by atoms with Crippen LogP contribution in [0, 0.1) is 5.82 Å². The van der Waals surface area contributed by atoms with Crippen molar-refractivity contribution >= 4 is 12.0 Å². The van der Waals surface area contributed by atoms with Crippen LogP contribution in [0.1, 0.15) is 75.3 Å². The Hall–Kier alpha value is -2.36. The number of amides is 2. The van der Waals surface area contributed by atoms with Crippen molar-refractivity contribution in [3.05, 3.63) is 35.1 Å². The summed E-state index contributed by atoms with van der Waals surface area (Å²) in [7, 11) is 0. The van der Waals surface area contributed by atoms with Gasteiger partial charge < -0.3 is 20.1 Å². The molecule has 1 aliphatic carbocycles. The van der Waals surface area contributed by atoms with E-state index < -0.39 is 48.3 Å². The number of alkyl carbamates (subject to hydrolysis) is 1. The van der Waals surface area contributed by atoms with E-state index in [4.69, 9.17) is 9.47 Å². The van der Waals surface area contributed by atoms with Crippen LogP contribution >= 0.6 is 0 Å². The van der Waals surface area contributed by atoms with Crippen molar-refractivity contribution < 1.29 is 36.6 Å². The van der Waals surface area contributed by atoms with Crippen molar-refractivity contribution in [3.8, 4) is 0 Å². The summed E-state index contributed by atoms with van der Waals surface area (Å²) in [4.78, 5) is 24.3. The lowest BCUT2D eigenvalue weighted by Gasteiger charge is -2.29. The topological polar surface area (TPSA) is 76.7 Å². The second-order valence-electron chi connectivity index (χ2n) is 8.98. The maximum atomic E-state index is 14.6. The molecule has 2 amide bonds. The van der Waals surface area contributed by atoms with Crippen molar-refractivity contribution in [2.24, 2.45) is 0 Å². The van der Waals surface area contributed by atoms with E-state index in [9.17, 15) is 27.2 Å². The lowest BCUT2D eigenvalue weighted by Crippen LogP contribution is -2.40. The molecule has 1 atom stereocenters. The van der Waals surface area contributed by atoms with Gasteiger partial charge in [-0.25, -0.2) is 9.18 Å². The predicted octanol–water partition coefficient (Wildman–Crippen LogP) is 5.03. The third-order valence-electron chi connectivity index (χ3n) is 4.96. The highest BCUT2D eigenvalue weighted by Gasteiger charge is 2.31. The SMILES string of the molecule is C[C@H](NC(=O)OC(C)(C)C)c1ccc(C(=O)NC2CCC(OCC(F)(F)F)CC2)c(F)c1. The number of nitrogens with one attached hydrogen (secondary N) is 2. The Morgan fingerprint density at radius 2 is 1.75 bits per heavy atom. The number of rotatable bonds is 6. The number of carbonyl (C=O) groups is 2. The molecular formula is C22H30F4N2O4. The molecule has 1 fully saturated rings. The molecule has 0 aliphatic heterocycles. The maximum Gasteiger partial charge on any atom is 0.411 e. The smallest absolute Gasteiger partial charge is 0.411 e. The van der Waals surface area contributed by atoms with Crippen molar-refractivity contribution in [1.29, 1.82) is 0 Å². The van der Waals surface area contributed by atoms with Crippen LogP contribution in [0.3, 0.4) is 0 Å². The molecule has 6 nitrogen and oxygen atoms in total. The summed E-state index contributed by atoms with van der Waals surface area (Å²) in [5.74, 6) is -1.33. The van der Waals surface area contributed by atoms with Gasteiger partial charge >= 0.3 is 12.3 Å². The van der Waals surface area contributed by atoms with Crippen LogP contribution in [0.4, 0.5) is 22.4 Å². The average Bonchev–Trinajstić information content (AvgIpc) is 2.65. The lowest BCUT2D eigenvalue weighted by molar-refractivity contribution is -0.188. The first-order valence-electron chi connectivity index (χ1n) is 10.5. The van der Waals surface area contributed by atoms with Crippen LogP contribution in [0.2, 0.25) is 0 Å². The Morgan fingerprint density at radius 1 is 1.12 bits per heavy atom. The van der Waals surface area contributed by atoms with Crippen molar-refractivity contribution in [2.45, 2.75) is 83.3 Å². The molecule has 1 aromatic carbocycles. The van der Waals surface area contributed by atoms with Crippen LogP contribution < -0.4 is 10.6 Å². The van der Waals surface area contributed by atoms with Crippen LogP contribution in [0.15, 0.2) is 18.2 Å². The Morgan fingerprint density at radius 3 is 2.28 bits per heavy atom. The van der Waals surface area contributed by atoms with E-state index in [1.807, 2.05) is 0 Å². The molecule has 0 saturated heterocycles. The molecular weight excluding hydrogens is 432 g/mol. The quantitative estimate of drug-likeness (QED) is 0.582. The van der Waals surface area contributed by atoms with E-state index in [0.29, 0.717) is 31.2 Å². The van der Waals surface area contributed by atoms with Crippen LogP contribution in [-0.4, -0.2) is 42.5 Å². The minimum atomic E-state index is -4.37. The summed E-state index contributed by atoms with van der Waals surface area (Å²) >= 11 is 0. The zero-order chi connectivity index (χ0) is 24.1. The van der Waals surface area contributed by atoms with E-state index in [1.54, 1.807) is 33.8 Å². The largest absolute Gasteiger partial charge is 0.444 e. The Labute approximate surface area is 185 Å². The van der Waals surface area contributed by atoms with Gasteiger partial charge in [0.15, 0.2) is 0 Å². The highest BCUT2D eigenvalue weighted by molar-refractivity contribution is 5.94. The molecule has 32 heavy (non-hydrogen) atoms. The number of hydrogen-bond donors (Lipinski definition) is 2. The van der Waals surface area contributed by atoms with Gasteiger partial charge in [-0.05, 0) is 71.1 Å². The van der Waals surface area contributed by atoms with Gasteiger partial charge in [0.1, 0.15) is 18.0 Å². The summed E-state index contributed by atoms with van der Waals surface area (Å²) in [6.07, 6.45) is -3.83. The minimum absolute atomic E-state index is 0.145. The fourth-order valence-electron chi connectivity index (χ4n) is 3.40. The van der Waals surface area contributed by atoms with Gasteiger partial charge in [-0.3, -0.25) is 4.79 Å². The second kappa shape index (κ2) is 10.5. The molecule has 0 radical (unpaired) electrons. The Bertz CT molecular complexity index is 800. The highest BCUT2D eigenvalue weighted by Crippen LogP contribution is 2.25. The van der Waals surface area contributed by atoms with Gasteiger partial charge in [-0.2, -0.15) is 13.2 Å². The summed E-state index contributed by atoms with van der Waals surface area (Å²) in [6.45, 7) is 5.57. The maximum absolute atomic E-state index is 14.6. The van der Waals surface area contributed by atoms with E-state index >= 15 is 0 Å². The summed E-state index contributed by atoms with van der Waals surface area (Å²) < 4.78 is 61.3. The lowest BCUT2D eigenvalue weighted by atomic mass is 9.92. The van der Waals surface area contributed by atoms with E-state index in [-0.39, 0.29) is 11.6 Å². The van der Waals surface area contributed by atoms with Crippen LogP contribution in [0.25, 0.3) is 0 Å². The molecule has 1 aromatic rings. The number of benzene rings is 1.